The Bertz CT molecular complexity index is 2630. The SMILES string of the molecule is CN1c2cccc3c2N2c4c1cccc4N(C)c1cc(Oc4ccccc4Oc4cc5c6c(c4)Oc4ccccc4B6c4ccccc4O5)cc(c12)N3C. The molecule has 0 radical (unpaired) electrons. The van der Waals surface area contributed by atoms with Gasteiger partial charge in [-0.25, -0.2) is 0 Å². The summed E-state index contributed by atoms with van der Waals surface area (Å²) in [6.45, 7) is -0.00108. The predicted octanol–water partition coefficient (Wildman–Crippen LogP) is 9.71. The standard InChI is InChI=1S/C45H31BN4O4/c1-47-30-14-10-16-32-43(30)50-44-31(47)15-11-17-33(44)49(3)35-23-26(22-34(45(35)50)48(32)2)51-38-20-8-9-21-39(38)52-27-24-40-42-41(25-27)54-37-19-7-5-13-29(37)46(42)28-12-4-6-18-36(28)53-40/h4-25H,1-3H3. The van der Waals surface area contributed by atoms with Gasteiger partial charge in [0, 0.05) is 50.9 Å². The third-order valence-corrected chi connectivity index (χ3v) is 11.4. The van der Waals surface area contributed by atoms with Crippen molar-refractivity contribution in [1.82, 2.24) is 0 Å². The summed E-state index contributed by atoms with van der Waals surface area (Å²) in [5.41, 5.74) is 13.5. The summed E-state index contributed by atoms with van der Waals surface area (Å²) in [6, 6.07) is 45.4. The van der Waals surface area contributed by atoms with Crippen LogP contribution in [0.25, 0.3) is 0 Å². The summed E-state index contributed by atoms with van der Waals surface area (Å²) >= 11 is 0. The minimum atomic E-state index is -0.00108. The van der Waals surface area contributed by atoms with Gasteiger partial charge in [0.25, 0.3) is 6.71 Å². The lowest BCUT2D eigenvalue weighted by atomic mass is 9.35. The van der Waals surface area contributed by atoms with Crippen LogP contribution >= 0.6 is 0 Å². The maximum absolute atomic E-state index is 6.80. The van der Waals surface area contributed by atoms with E-state index in [2.05, 4.69) is 114 Å². The van der Waals surface area contributed by atoms with Crippen LogP contribution in [0.3, 0.4) is 0 Å². The molecule has 0 fully saturated rings. The van der Waals surface area contributed by atoms with Crippen LogP contribution in [0.5, 0.6) is 46.0 Å². The molecule has 8 nitrogen and oxygen atoms in total. The average molecular weight is 703 g/mol. The van der Waals surface area contributed by atoms with Crippen molar-refractivity contribution in [2.24, 2.45) is 0 Å². The lowest BCUT2D eigenvalue weighted by Gasteiger charge is -2.50. The monoisotopic (exact) mass is 702 g/mol. The van der Waals surface area contributed by atoms with Crippen LogP contribution in [-0.4, -0.2) is 27.9 Å². The summed E-state index contributed by atoms with van der Waals surface area (Å²) in [6.07, 6.45) is 0. The van der Waals surface area contributed by atoms with Crippen LogP contribution in [0.2, 0.25) is 0 Å². The van der Waals surface area contributed by atoms with Gasteiger partial charge < -0.3 is 33.6 Å². The molecule has 0 aromatic heterocycles. The molecular formula is C45H31BN4O4. The normalized spacial score (nSPS) is 14.3. The lowest BCUT2D eigenvalue weighted by molar-refractivity contribution is 0.411. The van der Waals surface area contributed by atoms with E-state index in [0.29, 0.717) is 23.0 Å². The maximum atomic E-state index is 6.80. The van der Waals surface area contributed by atoms with Crippen molar-refractivity contribution in [3.63, 3.8) is 0 Å². The van der Waals surface area contributed by atoms with E-state index in [1.165, 1.54) is 22.7 Å². The second-order valence-corrected chi connectivity index (χ2v) is 14.3. The van der Waals surface area contributed by atoms with Gasteiger partial charge >= 0.3 is 0 Å². The van der Waals surface area contributed by atoms with Crippen molar-refractivity contribution in [3.05, 3.63) is 133 Å². The number of benzene rings is 7. The Hall–Kier alpha value is -7.00. The van der Waals surface area contributed by atoms with Gasteiger partial charge in [-0.1, -0.05) is 60.7 Å². The van der Waals surface area contributed by atoms with Crippen LogP contribution in [0.15, 0.2) is 133 Å². The Morgan fingerprint density at radius 1 is 0.426 bits per heavy atom. The maximum Gasteiger partial charge on any atom is 0.260 e. The van der Waals surface area contributed by atoms with E-state index in [9.17, 15) is 0 Å². The molecule has 5 aliphatic heterocycles. The minimum Gasteiger partial charge on any atom is -0.458 e. The molecule has 0 spiro atoms. The zero-order valence-electron chi connectivity index (χ0n) is 29.7. The highest BCUT2D eigenvalue weighted by Crippen LogP contribution is 2.67. The molecule has 0 saturated carbocycles. The van der Waals surface area contributed by atoms with Gasteiger partial charge in [-0.15, -0.1) is 0 Å². The summed E-state index contributed by atoms with van der Waals surface area (Å²) in [4.78, 5) is 9.28. The van der Waals surface area contributed by atoms with E-state index in [0.717, 1.165) is 67.8 Å². The van der Waals surface area contributed by atoms with Crippen molar-refractivity contribution >= 4 is 74.3 Å². The molecule has 0 aliphatic carbocycles. The fraction of sp³-hybridized carbons (Fsp3) is 0.0667. The van der Waals surface area contributed by atoms with Gasteiger partial charge in [-0.05, 0) is 59.5 Å². The van der Waals surface area contributed by atoms with E-state index < -0.39 is 0 Å². The van der Waals surface area contributed by atoms with Gasteiger partial charge in [0.1, 0.15) is 34.5 Å². The quantitative estimate of drug-likeness (QED) is 0.168. The van der Waals surface area contributed by atoms with E-state index in [1.54, 1.807) is 0 Å². The molecule has 0 amide bonds. The highest BCUT2D eigenvalue weighted by molar-refractivity contribution is 6.98. The van der Waals surface area contributed by atoms with Crippen molar-refractivity contribution in [1.29, 1.82) is 0 Å². The van der Waals surface area contributed by atoms with Crippen molar-refractivity contribution in [3.8, 4) is 46.0 Å². The molecule has 258 valence electrons. The van der Waals surface area contributed by atoms with Gasteiger partial charge in [-0.2, -0.15) is 0 Å². The lowest BCUT2D eigenvalue weighted by Crippen LogP contribution is -2.57. The molecule has 7 aromatic carbocycles. The number of anilines is 9. The Morgan fingerprint density at radius 3 is 1.33 bits per heavy atom. The first kappa shape index (κ1) is 29.6. The van der Waals surface area contributed by atoms with Crippen LogP contribution in [0, 0.1) is 0 Å². The Kier molecular flexibility index (Phi) is 5.77. The third-order valence-electron chi connectivity index (χ3n) is 11.4. The molecule has 0 N–H and O–H groups in total. The Balaban J connectivity index is 0.941. The van der Waals surface area contributed by atoms with E-state index in [4.69, 9.17) is 18.9 Å². The van der Waals surface area contributed by atoms with Crippen molar-refractivity contribution in [2.45, 2.75) is 0 Å². The number of hydrogen-bond donors (Lipinski definition) is 0. The summed E-state index contributed by atoms with van der Waals surface area (Å²) in [5.74, 6) is 5.56. The summed E-state index contributed by atoms with van der Waals surface area (Å²) in [7, 11) is 6.42. The first-order chi connectivity index (χ1) is 26.5. The molecule has 12 rings (SSSR count). The van der Waals surface area contributed by atoms with E-state index in [1.807, 2.05) is 60.7 Å². The van der Waals surface area contributed by atoms with Crippen molar-refractivity contribution < 1.29 is 18.9 Å². The third kappa shape index (κ3) is 3.87. The number of ether oxygens (including phenoxy) is 4. The van der Waals surface area contributed by atoms with Crippen molar-refractivity contribution in [2.75, 3.05) is 40.7 Å². The van der Waals surface area contributed by atoms with Crippen LogP contribution in [0.1, 0.15) is 0 Å². The first-order valence-corrected chi connectivity index (χ1v) is 18.1. The van der Waals surface area contributed by atoms with Gasteiger partial charge in [0.15, 0.2) is 11.5 Å². The largest absolute Gasteiger partial charge is 0.458 e. The molecular weight excluding hydrogens is 671 g/mol. The number of para-hydroxylation sites is 6. The smallest absolute Gasteiger partial charge is 0.260 e. The number of rotatable bonds is 4. The molecule has 54 heavy (non-hydrogen) atoms. The fourth-order valence-corrected chi connectivity index (χ4v) is 8.98. The zero-order chi connectivity index (χ0) is 35.8. The molecule has 0 saturated heterocycles. The summed E-state index contributed by atoms with van der Waals surface area (Å²) < 4.78 is 26.5. The predicted molar refractivity (Wildman–Crippen MR) is 216 cm³/mol. The summed E-state index contributed by atoms with van der Waals surface area (Å²) in [5, 5.41) is 0. The minimum absolute atomic E-state index is 0.00108. The molecule has 0 bridgehead atoms. The Labute approximate surface area is 312 Å². The molecule has 0 unspecified atom stereocenters. The highest BCUT2D eigenvalue weighted by Gasteiger charge is 2.43. The number of fused-ring (bicyclic) bond motifs is 4. The number of hydrogen-bond acceptors (Lipinski definition) is 8. The van der Waals surface area contributed by atoms with Gasteiger partial charge in [0.05, 0.1) is 51.2 Å². The van der Waals surface area contributed by atoms with Gasteiger partial charge in [-0.3, -0.25) is 4.90 Å². The van der Waals surface area contributed by atoms with E-state index >= 15 is 0 Å². The second kappa shape index (κ2) is 10.5. The van der Waals surface area contributed by atoms with Crippen LogP contribution < -0.4 is 54.9 Å². The van der Waals surface area contributed by atoms with Gasteiger partial charge in [0.2, 0.25) is 0 Å². The average Bonchev–Trinajstić information content (AvgIpc) is 3.20. The second-order valence-electron chi connectivity index (χ2n) is 14.3. The topological polar surface area (TPSA) is 49.9 Å². The highest BCUT2D eigenvalue weighted by atomic mass is 16.5. The molecule has 5 heterocycles. The molecule has 5 aliphatic rings. The molecule has 0 atom stereocenters. The fourth-order valence-electron chi connectivity index (χ4n) is 8.98. The zero-order valence-corrected chi connectivity index (χ0v) is 29.7. The van der Waals surface area contributed by atoms with E-state index in [-0.39, 0.29) is 6.71 Å². The number of nitrogens with zero attached hydrogens (tertiary/aromatic N) is 4. The molecule has 9 heteroatoms. The van der Waals surface area contributed by atoms with Crippen LogP contribution in [-0.2, 0) is 0 Å². The van der Waals surface area contributed by atoms with Crippen LogP contribution in [0.4, 0.5) is 51.2 Å². The Morgan fingerprint density at radius 2 is 0.833 bits per heavy atom. The molecule has 7 aromatic rings. The first-order valence-electron chi connectivity index (χ1n) is 18.1.